The lowest BCUT2D eigenvalue weighted by molar-refractivity contribution is 0.391. The first-order valence-electron chi connectivity index (χ1n) is 7.77. The van der Waals surface area contributed by atoms with E-state index >= 15 is 0 Å². The first-order chi connectivity index (χ1) is 12.8. The van der Waals surface area contributed by atoms with Gasteiger partial charge in [0.2, 0.25) is 16.9 Å². The molecule has 2 aromatic carbocycles. The maximum atomic E-state index is 5.32. The Morgan fingerprint density at radius 1 is 1.12 bits per heavy atom. The lowest BCUT2D eigenvalue weighted by Gasteiger charge is -2.05. The molecule has 9 heteroatoms. The zero-order chi connectivity index (χ0) is 17.8. The van der Waals surface area contributed by atoms with E-state index in [0.29, 0.717) is 22.6 Å². The van der Waals surface area contributed by atoms with Crippen LogP contribution in [-0.4, -0.2) is 37.5 Å². The number of tetrazole rings is 1. The van der Waals surface area contributed by atoms with Gasteiger partial charge < -0.3 is 9.26 Å². The van der Waals surface area contributed by atoms with Crippen LogP contribution in [0.15, 0.2) is 64.3 Å². The van der Waals surface area contributed by atoms with Crippen LogP contribution in [0.3, 0.4) is 0 Å². The predicted molar refractivity (Wildman–Crippen MR) is 95.0 cm³/mol. The quantitative estimate of drug-likeness (QED) is 0.481. The monoisotopic (exact) mass is 366 g/mol. The van der Waals surface area contributed by atoms with Crippen LogP contribution in [0.2, 0.25) is 0 Å². The number of benzene rings is 2. The molecule has 0 radical (unpaired) electrons. The molecule has 2 heterocycles. The zero-order valence-electron chi connectivity index (χ0n) is 13.8. The maximum Gasteiger partial charge on any atom is 0.237 e. The van der Waals surface area contributed by atoms with E-state index in [1.54, 1.807) is 11.8 Å². The third kappa shape index (κ3) is 3.42. The molecule has 0 bridgehead atoms. The van der Waals surface area contributed by atoms with Crippen molar-refractivity contribution < 1.29 is 9.26 Å². The van der Waals surface area contributed by atoms with E-state index in [1.165, 1.54) is 11.8 Å². The van der Waals surface area contributed by atoms with E-state index < -0.39 is 0 Å². The number of hydrogen-bond donors (Lipinski definition) is 0. The van der Waals surface area contributed by atoms with Gasteiger partial charge >= 0.3 is 0 Å². The summed E-state index contributed by atoms with van der Waals surface area (Å²) in [5.74, 6) is 2.27. The molecule has 8 nitrogen and oxygen atoms in total. The Kier molecular flexibility index (Phi) is 4.61. The van der Waals surface area contributed by atoms with Gasteiger partial charge in [-0.1, -0.05) is 53.3 Å². The number of hydrogen-bond acceptors (Lipinski definition) is 8. The number of aromatic nitrogens is 6. The summed E-state index contributed by atoms with van der Waals surface area (Å²) >= 11 is 1.41. The van der Waals surface area contributed by atoms with Crippen LogP contribution < -0.4 is 4.74 Å². The topological polar surface area (TPSA) is 91.8 Å². The SMILES string of the molecule is COc1cccc(-n2nnnc2SCc2nc(-c3ccccc3)no2)c1. The first kappa shape index (κ1) is 16.3. The van der Waals surface area contributed by atoms with E-state index in [4.69, 9.17) is 9.26 Å². The van der Waals surface area contributed by atoms with Gasteiger partial charge in [0.25, 0.3) is 0 Å². The largest absolute Gasteiger partial charge is 0.497 e. The van der Waals surface area contributed by atoms with Crippen LogP contribution in [-0.2, 0) is 5.75 Å². The standard InChI is InChI=1S/C17H14N6O2S/c1-24-14-9-5-8-13(10-14)23-17(19-21-22-23)26-11-15-18-16(20-25-15)12-6-3-2-4-7-12/h2-10H,11H2,1H3. The van der Waals surface area contributed by atoms with Crippen LogP contribution in [0, 0.1) is 0 Å². The molecule has 0 atom stereocenters. The van der Waals surface area contributed by atoms with Crippen molar-refractivity contribution in [3.05, 3.63) is 60.5 Å². The fourth-order valence-corrected chi connectivity index (χ4v) is 3.05. The van der Waals surface area contributed by atoms with Gasteiger partial charge in [0, 0.05) is 11.6 Å². The Bertz CT molecular complexity index is 1000. The summed E-state index contributed by atoms with van der Waals surface area (Å²) in [4.78, 5) is 4.41. The molecule has 0 saturated carbocycles. The zero-order valence-corrected chi connectivity index (χ0v) is 14.6. The number of methoxy groups -OCH3 is 1. The van der Waals surface area contributed by atoms with Gasteiger partial charge in [0.05, 0.1) is 18.6 Å². The fraction of sp³-hybridized carbons (Fsp3) is 0.118. The lowest BCUT2D eigenvalue weighted by Crippen LogP contribution is -1.99. The van der Waals surface area contributed by atoms with Gasteiger partial charge in [-0.15, -0.1) is 5.10 Å². The second-order valence-electron chi connectivity index (χ2n) is 5.24. The summed E-state index contributed by atoms with van der Waals surface area (Å²) < 4.78 is 12.2. The second-order valence-corrected chi connectivity index (χ2v) is 6.18. The van der Waals surface area contributed by atoms with Crippen molar-refractivity contribution in [1.29, 1.82) is 0 Å². The van der Waals surface area contributed by atoms with Crippen LogP contribution in [0.4, 0.5) is 0 Å². The highest BCUT2D eigenvalue weighted by atomic mass is 32.2. The van der Waals surface area contributed by atoms with Crippen LogP contribution >= 0.6 is 11.8 Å². The Labute approximate surface area is 153 Å². The highest BCUT2D eigenvalue weighted by Crippen LogP contribution is 2.24. The van der Waals surface area contributed by atoms with Gasteiger partial charge in [0.1, 0.15) is 5.75 Å². The average molecular weight is 366 g/mol. The normalized spacial score (nSPS) is 10.8. The molecule has 0 saturated heterocycles. The molecule has 0 unspecified atom stereocenters. The Balaban J connectivity index is 1.49. The molecular weight excluding hydrogens is 352 g/mol. The summed E-state index contributed by atoms with van der Waals surface area (Å²) in [6.07, 6.45) is 0. The van der Waals surface area contributed by atoms with Crippen molar-refractivity contribution in [2.75, 3.05) is 7.11 Å². The molecule has 0 aliphatic rings. The number of nitrogens with zero attached hydrogens (tertiary/aromatic N) is 6. The molecule has 130 valence electrons. The summed E-state index contributed by atoms with van der Waals surface area (Å²) in [7, 11) is 1.62. The molecule has 26 heavy (non-hydrogen) atoms. The van der Waals surface area contributed by atoms with Gasteiger partial charge in [0.15, 0.2) is 0 Å². The molecule has 0 amide bonds. The molecular formula is C17H14N6O2S. The highest BCUT2D eigenvalue weighted by Gasteiger charge is 2.13. The van der Waals surface area contributed by atoms with E-state index in [-0.39, 0.29) is 0 Å². The molecule has 0 N–H and O–H groups in total. The molecule has 0 aliphatic heterocycles. The molecule has 0 spiro atoms. The predicted octanol–water partition coefficient (Wildman–Crippen LogP) is 3.01. The minimum absolute atomic E-state index is 0.462. The van der Waals surface area contributed by atoms with Crippen molar-refractivity contribution in [3.8, 4) is 22.8 Å². The second kappa shape index (κ2) is 7.36. The minimum Gasteiger partial charge on any atom is -0.497 e. The Hall–Kier alpha value is -3.20. The van der Waals surface area contributed by atoms with Gasteiger partial charge in [-0.25, -0.2) is 0 Å². The lowest BCUT2D eigenvalue weighted by atomic mass is 10.2. The summed E-state index contributed by atoms with van der Waals surface area (Å²) in [5.41, 5.74) is 1.72. The van der Waals surface area contributed by atoms with E-state index in [0.717, 1.165) is 17.0 Å². The van der Waals surface area contributed by atoms with Crippen molar-refractivity contribution in [2.24, 2.45) is 0 Å². The molecule has 0 fully saturated rings. The average Bonchev–Trinajstić information content (AvgIpc) is 3.36. The van der Waals surface area contributed by atoms with Gasteiger partial charge in [-0.2, -0.15) is 9.67 Å². The van der Waals surface area contributed by atoms with Gasteiger partial charge in [-0.3, -0.25) is 0 Å². The van der Waals surface area contributed by atoms with E-state index in [9.17, 15) is 0 Å². The smallest absolute Gasteiger partial charge is 0.237 e. The number of rotatable bonds is 6. The van der Waals surface area contributed by atoms with Crippen LogP contribution in [0.5, 0.6) is 5.75 Å². The third-order valence-electron chi connectivity index (χ3n) is 3.56. The summed E-state index contributed by atoms with van der Waals surface area (Å²) in [5, 5.41) is 16.5. The number of ether oxygens (including phenoxy) is 1. The van der Waals surface area contributed by atoms with Gasteiger partial charge in [-0.05, 0) is 22.6 Å². The molecule has 4 rings (SSSR count). The molecule has 4 aromatic rings. The maximum absolute atomic E-state index is 5.32. The molecule has 2 aromatic heterocycles. The Morgan fingerprint density at radius 3 is 2.85 bits per heavy atom. The third-order valence-corrected chi connectivity index (χ3v) is 4.47. The highest BCUT2D eigenvalue weighted by molar-refractivity contribution is 7.98. The van der Waals surface area contributed by atoms with Crippen molar-refractivity contribution in [2.45, 2.75) is 10.9 Å². The first-order valence-corrected chi connectivity index (χ1v) is 8.75. The van der Waals surface area contributed by atoms with E-state index in [2.05, 4.69) is 25.7 Å². The fourth-order valence-electron chi connectivity index (χ4n) is 2.32. The van der Waals surface area contributed by atoms with Crippen molar-refractivity contribution >= 4 is 11.8 Å². The molecule has 0 aliphatic carbocycles. The Morgan fingerprint density at radius 2 is 2.00 bits per heavy atom. The summed E-state index contributed by atoms with van der Waals surface area (Å²) in [6, 6.07) is 17.2. The van der Waals surface area contributed by atoms with Crippen LogP contribution in [0.1, 0.15) is 5.89 Å². The van der Waals surface area contributed by atoms with Crippen LogP contribution in [0.25, 0.3) is 17.1 Å². The summed E-state index contributed by atoms with van der Waals surface area (Å²) in [6.45, 7) is 0. The number of thioether (sulfide) groups is 1. The van der Waals surface area contributed by atoms with E-state index in [1.807, 2.05) is 54.6 Å². The minimum atomic E-state index is 0.462. The van der Waals surface area contributed by atoms with Crippen molar-refractivity contribution in [3.63, 3.8) is 0 Å². The van der Waals surface area contributed by atoms with Crippen molar-refractivity contribution in [1.82, 2.24) is 30.3 Å².